The molecule has 3 aliphatic rings. The number of benzene rings is 1. The first-order valence-corrected chi connectivity index (χ1v) is 10.9. The van der Waals surface area contributed by atoms with Gasteiger partial charge in [-0.2, -0.15) is 0 Å². The Kier molecular flexibility index (Phi) is 5.84. The Morgan fingerprint density at radius 2 is 1.94 bits per heavy atom. The van der Waals surface area contributed by atoms with Gasteiger partial charge in [0.1, 0.15) is 17.4 Å². The van der Waals surface area contributed by atoms with Gasteiger partial charge in [-0.3, -0.25) is 19.3 Å². The van der Waals surface area contributed by atoms with Crippen molar-refractivity contribution in [3.63, 3.8) is 0 Å². The summed E-state index contributed by atoms with van der Waals surface area (Å²) >= 11 is 0. The van der Waals surface area contributed by atoms with E-state index in [1.165, 1.54) is 4.90 Å². The van der Waals surface area contributed by atoms with Crippen LogP contribution < -0.4 is 15.4 Å². The normalized spacial score (nSPS) is 22.5. The second kappa shape index (κ2) is 8.56. The predicted octanol–water partition coefficient (Wildman–Crippen LogP) is 1.28. The molecule has 0 bridgehead atoms. The van der Waals surface area contributed by atoms with Gasteiger partial charge < -0.3 is 20.3 Å². The van der Waals surface area contributed by atoms with Crippen LogP contribution in [0.2, 0.25) is 0 Å². The summed E-state index contributed by atoms with van der Waals surface area (Å²) in [5.41, 5.74) is -0.00647. The number of para-hydroxylation sites is 1. The number of piperidine rings is 1. The zero-order valence-corrected chi connectivity index (χ0v) is 17.7. The number of rotatable bonds is 5. The Hall–Kier alpha value is -3.10. The molecule has 2 N–H and O–H groups in total. The Morgan fingerprint density at radius 1 is 1.19 bits per heavy atom. The van der Waals surface area contributed by atoms with Gasteiger partial charge in [0.25, 0.3) is 11.8 Å². The number of imide groups is 1. The predicted molar refractivity (Wildman–Crippen MR) is 112 cm³/mol. The van der Waals surface area contributed by atoms with E-state index in [4.69, 9.17) is 4.74 Å². The maximum atomic E-state index is 12.7. The largest absolute Gasteiger partial charge is 0.484 e. The highest BCUT2D eigenvalue weighted by atomic mass is 16.5. The van der Waals surface area contributed by atoms with Crippen LogP contribution in [0, 0.1) is 0 Å². The molecule has 9 nitrogen and oxygen atoms in total. The molecule has 1 aromatic carbocycles. The zero-order chi connectivity index (χ0) is 22.0. The molecule has 3 aliphatic heterocycles. The summed E-state index contributed by atoms with van der Waals surface area (Å²) in [4.78, 5) is 52.2. The summed E-state index contributed by atoms with van der Waals surface area (Å²) in [6.07, 6.45) is 2.41. The maximum Gasteiger partial charge on any atom is 0.324 e. The molecule has 0 aromatic heterocycles. The lowest BCUT2D eigenvalue weighted by Gasteiger charge is -2.41. The number of nitrogens with one attached hydrogen (secondary N) is 2. The Morgan fingerprint density at radius 3 is 2.68 bits per heavy atom. The second-order valence-corrected chi connectivity index (χ2v) is 8.38. The monoisotopic (exact) mass is 428 g/mol. The lowest BCUT2D eigenvalue weighted by atomic mass is 9.90. The standard InChI is InChI=1S/C22H28N4O5/c1-2-11-26-20(29)16(24-21(26)30)7-8-18(27)25-12-9-22(10-13-25)14-23-19(28)15-5-3-4-6-17(15)31-22/h3-6,16H,2,7-14H2,1H3,(H,23,28)(H,24,30). The number of amides is 5. The molecule has 0 aliphatic carbocycles. The third-order valence-electron chi connectivity index (χ3n) is 6.26. The van der Waals surface area contributed by atoms with Crippen molar-refractivity contribution in [1.82, 2.24) is 20.4 Å². The summed E-state index contributed by atoms with van der Waals surface area (Å²) in [6.45, 7) is 3.73. The van der Waals surface area contributed by atoms with Gasteiger partial charge in [-0.25, -0.2) is 4.79 Å². The van der Waals surface area contributed by atoms with Crippen LogP contribution in [0.25, 0.3) is 0 Å². The highest BCUT2D eigenvalue weighted by molar-refractivity contribution is 6.04. The Bertz CT molecular complexity index is 894. The van der Waals surface area contributed by atoms with E-state index in [1.54, 1.807) is 23.1 Å². The molecule has 4 rings (SSSR count). The number of carbonyl (C=O) groups excluding carboxylic acids is 4. The van der Waals surface area contributed by atoms with Crippen molar-refractivity contribution in [2.45, 2.75) is 50.7 Å². The van der Waals surface area contributed by atoms with Crippen LogP contribution in [0.15, 0.2) is 24.3 Å². The van der Waals surface area contributed by atoms with Crippen molar-refractivity contribution >= 4 is 23.8 Å². The quantitative estimate of drug-likeness (QED) is 0.687. The van der Waals surface area contributed by atoms with Crippen LogP contribution in [0.3, 0.4) is 0 Å². The minimum Gasteiger partial charge on any atom is -0.484 e. The SMILES string of the molecule is CCCN1C(=O)NC(CCC(=O)N2CCC3(CC2)CNC(=O)c2ccccc2O3)C1=O. The van der Waals surface area contributed by atoms with Crippen molar-refractivity contribution < 1.29 is 23.9 Å². The van der Waals surface area contributed by atoms with Gasteiger partial charge in [-0.15, -0.1) is 0 Å². The number of carbonyl (C=O) groups is 4. The first-order chi connectivity index (χ1) is 14.9. The van der Waals surface area contributed by atoms with Crippen LogP contribution in [-0.2, 0) is 9.59 Å². The molecule has 31 heavy (non-hydrogen) atoms. The van der Waals surface area contributed by atoms with Crippen molar-refractivity contribution in [3.8, 4) is 5.75 Å². The molecule has 166 valence electrons. The molecule has 1 aromatic rings. The smallest absolute Gasteiger partial charge is 0.324 e. The minimum atomic E-state index is -0.629. The molecule has 2 fully saturated rings. The highest BCUT2D eigenvalue weighted by Gasteiger charge is 2.41. The average Bonchev–Trinajstić information content (AvgIpc) is 2.96. The number of hydrogen-bond donors (Lipinski definition) is 2. The van der Waals surface area contributed by atoms with Gasteiger partial charge in [0.15, 0.2) is 0 Å². The van der Waals surface area contributed by atoms with E-state index < -0.39 is 11.6 Å². The topological polar surface area (TPSA) is 108 Å². The van der Waals surface area contributed by atoms with Gasteiger partial charge in [-0.05, 0) is 25.0 Å². The van der Waals surface area contributed by atoms with Gasteiger partial charge in [0.05, 0.1) is 12.1 Å². The molecule has 0 radical (unpaired) electrons. The zero-order valence-electron chi connectivity index (χ0n) is 17.7. The average molecular weight is 428 g/mol. The summed E-state index contributed by atoms with van der Waals surface area (Å²) in [5.74, 6) is 0.137. The van der Waals surface area contributed by atoms with E-state index in [0.717, 1.165) is 0 Å². The van der Waals surface area contributed by atoms with Crippen LogP contribution in [0.1, 0.15) is 49.4 Å². The van der Waals surface area contributed by atoms with Crippen LogP contribution in [0.5, 0.6) is 5.75 Å². The molecule has 2 saturated heterocycles. The summed E-state index contributed by atoms with van der Waals surface area (Å²) < 4.78 is 6.27. The van der Waals surface area contributed by atoms with Gasteiger partial charge in [-0.1, -0.05) is 19.1 Å². The van der Waals surface area contributed by atoms with Crippen molar-refractivity contribution in [1.29, 1.82) is 0 Å². The van der Waals surface area contributed by atoms with Gasteiger partial charge in [0, 0.05) is 38.9 Å². The Balaban J connectivity index is 1.31. The molecule has 1 atom stereocenters. The fraction of sp³-hybridized carbons (Fsp3) is 0.545. The lowest BCUT2D eigenvalue weighted by molar-refractivity contribution is -0.135. The molecule has 0 saturated carbocycles. The summed E-state index contributed by atoms with van der Waals surface area (Å²) in [6, 6.07) is 6.18. The molecule has 9 heteroatoms. The van der Waals surface area contributed by atoms with E-state index in [1.807, 2.05) is 13.0 Å². The van der Waals surface area contributed by atoms with E-state index in [-0.39, 0.29) is 30.2 Å². The van der Waals surface area contributed by atoms with Crippen LogP contribution >= 0.6 is 0 Å². The van der Waals surface area contributed by atoms with Gasteiger partial charge >= 0.3 is 6.03 Å². The fourth-order valence-corrected chi connectivity index (χ4v) is 4.43. The number of urea groups is 1. The fourth-order valence-electron chi connectivity index (χ4n) is 4.43. The third-order valence-corrected chi connectivity index (χ3v) is 6.26. The molecule has 3 heterocycles. The maximum absolute atomic E-state index is 12.7. The van der Waals surface area contributed by atoms with Crippen molar-refractivity contribution in [2.24, 2.45) is 0 Å². The van der Waals surface area contributed by atoms with E-state index in [0.29, 0.717) is 63.2 Å². The molecule has 1 unspecified atom stereocenters. The molecular weight excluding hydrogens is 400 g/mol. The molecule has 1 spiro atoms. The minimum absolute atomic E-state index is 0.0381. The number of fused-ring (bicyclic) bond motifs is 1. The molecular formula is C22H28N4O5. The number of likely N-dealkylation sites (tertiary alicyclic amines) is 1. The number of ether oxygens (including phenoxy) is 1. The van der Waals surface area contributed by atoms with Crippen molar-refractivity contribution in [3.05, 3.63) is 29.8 Å². The number of nitrogens with zero attached hydrogens (tertiary/aromatic N) is 2. The van der Waals surface area contributed by atoms with Crippen molar-refractivity contribution in [2.75, 3.05) is 26.2 Å². The summed E-state index contributed by atoms with van der Waals surface area (Å²) in [5, 5.41) is 5.61. The van der Waals surface area contributed by atoms with Crippen LogP contribution in [-0.4, -0.2) is 71.4 Å². The molecule has 5 amide bonds. The van der Waals surface area contributed by atoms with Gasteiger partial charge in [0.2, 0.25) is 5.91 Å². The third kappa shape index (κ3) is 4.22. The first-order valence-electron chi connectivity index (χ1n) is 10.9. The van der Waals surface area contributed by atoms with Crippen LogP contribution in [0.4, 0.5) is 4.79 Å². The second-order valence-electron chi connectivity index (χ2n) is 8.38. The Labute approximate surface area is 181 Å². The van der Waals surface area contributed by atoms with E-state index >= 15 is 0 Å². The lowest BCUT2D eigenvalue weighted by Crippen LogP contribution is -2.54. The first kappa shape index (κ1) is 21.1. The van der Waals surface area contributed by atoms with E-state index in [9.17, 15) is 19.2 Å². The number of hydrogen-bond acceptors (Lipinski definition) is 5. The summed E-state index contributed by atoms with van der Waals surface area (Å²) in [7, 11) is 0. The highest BCUT2D eigenvalue weighted by Crippen LogP contribution is 2.33. The van der Waals surface area contributed by atoms with E-state index in [2.05, 4.69) is 10.6 Å².